The molecule has 0 aliphatic carbocycles. The molecule has 0 saturated carbocycles. The summed E-state index contributed by atoms with van der Waals surface area (Å²) < 4.78 is 41.7. The molecular weight excluding hydrogens is 365 g/mol. The normalized spacial score (nSPS) is 11.8. The van der Waals surface area contributed by atoms with Crippen molar-refractivity contribution in [3.63, 3.8) is 0 Å². The maximum Gasteiger partial charge on any atom is 0.490 e. The van der Waals surface area contributed by atoms with E-state index >= 15 is 0 Å². The number of aromatic nitrogens is 4. The number of hydrogen-bond donors (Lipinski definition) is 0. The first kappa shape index (κ1) is 16.5. The van der Waals surface area contributed by atoms with Crippen LogP contribution in [0.1, 0.15) is 0 Å². The van der Waals surface area contributed by atoms with E-state index in [1.807, 2.05) is 0 Å². The highest BCUT2D eigenvalue weighted by Crippen LogP contribution is 2.38. The molecule has 0 aliphatic rings. The van der Waals surface area contributed by atoms with Gasteiger partial charge in [-0.3, -0.25) is 9.97 Å². The van der Waals surface area contributed by atoms with Gasteiger partial charge in [-0.1, -0.05) is 17.7 Å². The molecular formula is C18H10ClF3N4. The quantitative estimate of drug-likeness (QED) is 0.479. The van der Waals surface area contributed by atoms with E-state index in [9.17, 15) is 13.2 Å². The second-order valence-electron chi connectivity index (χ2n) is 5.49. The molecule has 3 heterocycles. The molecule has 0 spiro atoms. The Kier molecular flexibility index (Phi) is 3.88. The predicted octanol–water partition coefficient (Wildman–Crippen LogP) is 5.29. The van der Waals surface area contributed by atoms with Gasteiger partial charge in [0.15, 0.2) is 0 Å². The molecule has 4 rings (SSSR count). The average Bonchev–Trinajstić information content (AvgIpc) is 3.04. The molecule has 0 unspecified atom stereocenters. The summed E-state index contributed by atoms with van der Waals surface area (Å²) in [6, 6.07) is 10.8. The van der Waals surface area contributed by atoms with Gasteiger partial charge in [-0.25, -0.2) is 9.55 Å². The minimum atomic E-state index is -4.67. The summed E-state index contributed by atoms with van der Waals surface area (Å²) in [5.41, 5.74) is 1.17. The van der Waals surface area contributed by atoms with Crippen LogP contribution in [0.4, 0.5) is 13.2 Å². The lowest BCUT2D eigenvalue weighted by molar-refractivity contribution is -0.199. The number of benzene rings is 1. The third-order valence-corrected chi connectivity index (χ3v) is 4.18. The van der Waals surface area contributed by atoms with Crippen LogP contribution < -0.4 is 0 Å². The number of alkyl halides is 3. The summed E-state index contributed by atoms with van der Waals surface area (Å²) in [6.45, 7) is 0. The average molecular weight is 375 g/mol. The summed E-state index contributed by atoms with van der Waals surface area (Å²) in [5.74, 6) is -0.271. The van der Waals surface area contributed by atoms with E-state index in [-0.39, 0.29) is 32.0 Å². The molecule has 130 valence electrons. The van der Waals surface area contributed by atoms with Gasteiger partial charge in [-0.2, -0.15) is 0 Å². The number of nitrogens with zero attached hydrogens (tertiary/aromatic N) is 4. The van der Waals surface area contributed by atoms with Crippen LogP contribution in [0.25, 0.3) is 33.7 Å². The Labute approximate surface area is 150 Å². The van der Waals surface area contributed by atoms with Gasteiger partial charge in [-0.15, -0.1) is 13.2 Å². The fraction of sp³-hybridized carbons (Fsp3) is 0.0556. The minimum absolute atomic E-state index is 0.0856. The highest BCUT2D eigenvalue weighted by molar-refractivity contribution is 6.35. The zero-order valence-electron chi connectivity index (χ0n) is 13.1. The second kappa shape index (κ2) is 6.10. The van der Waals surface area contributed by atoms with E-state index in [0.717, 1.165) is 0 Å². The van der Waals surface area contributed by atoms with Crippen molar-refractivity contribution in [1.82, 2.24) is 19.5 Å². The molecule has 0 saturated heterocycles. The second-order valence-corrected chi connectivity index (χ2v) is 5.89. The number of para-hydroxylation sites is 1. The standard InChI is InChI=1S/C18H10ClF3N4/c19-13-6-1-7-14-16(13)25-17(26(14)18(20,21)22)12-5-3-9-24-15(12)11-4-2-8-23-10-11/h1-10H. The Hall–Kier alpha value is -2.93. The molecule has 26 heavy (non-hydrogen) atoms. The van der Waals surface area contributed by atoms with Crippen molar-refractivity contribution < 1.29 is 13.2 Å². The predicted molar refractivity (Wildman–Crippen MR) is 92.5 cm³/mol. The van der Waals surface area contributed by atoms with Crippen LogP contribution in [0.15, 0.2) is 61.1 Å². The van der Waals surface area contributed by atoms with Gasteiger partial charge in [0.25, 0.3) is 0 Å². The zero-order chi connectivity index (χ0) is 18.3. The van der Waals surface area contributed by atoms with Crippen molar-refractivity contribution in [2.45, 2.75) is 6.30 Å². The van der Waals surface area contributed by atoms with Crippen LogP contribution in [-0.2, 0) is 6.30 Å². The molecule has 1 aromatic carbocycles. The molecule has 0 aliphatic heterocycles. The third kappa shape index (κ3) is 2.70. The maximum atomic E-state index is 13.8. The molecule has 0 atom stereocenters. The molecule has 4 nitrogen and oxygen atoms in total. The molecule has 4 aromatic rings. The summed E-state index contributed by atoms with van der Waals surface area (Å²) in [6.07, 6.45) is -0.0353. The van der Waals surface area contributed by atoms with Crippen LogP contribution in [0.3, 0.4) is 0 Å². The van der Waals surface area contributed by atoms with Gasteiger partial charge in [0.05, 0.1) is 16.2 Å². The highest BCUT2D eigenvalue weighted by atomic mass is 35.5. The van der Waals surface area contributed by atoms with Crippen LogP contribution in [0.5, 0.6) is 0 Å². The molecule has 0 radical (unpaired) electrons. The van der Waals surface area contributed by atoms with Crippen molar-refractivity contribution >= 4 is 22.6 Å². The van der Waals surface area contributed by atoms with E-state index in [4.69, 9.17) is 11.6 Å². The van der Waals surface area contributed by atoms with Gasteiger partial charge in [0.1, 0.15) is 11.3 Å². The Balaban J connectivity index is 2.07. The molecule has 0 amide bonds. The van der Waals surface area contributed by atoms with E-state index in [1.54, 1.807) is 36.7 Å². The Morgan fingerprint density at radius 3 is 2.50 bits per heavy atom. The number of fused-ring (bicyclic) bond motifs is 1. The topological polar surface area (TPSA) is 43.6 Å². The van der Waals surface area contributed by atoms with Crippen LogP contribution in [0.2, 0.25) is 5.02 Å². The highest BCUT2D eigenvalue weighted by Gasteiger charge is 2.37. The van der Waals surface area contributed by atoms with Gasteiger partial charge < -0.3 is 0 Å². The van der Waals surface area contributed by atoms with E-state index < -0.39 is 6.30 Å². The molecule has 0 bridgehead atoms. The van der Waals surface area contributed by atoms with Crippen molar-refractivity contribution in [3.8, 4) is 22.6 Å². The van der Waals surface area contributed by atoms with Gasteiger partial charge in [0.2, 0.25) is 0 Å². The van der Waals surface area contributed by atoms with Crippen molar-refractivity contribution in [2.75, 3.05) is 0 Å². The third-order valence-electron chi connectivity index (χ3n) is 3.87. The minimum Gasteiger partial charge on any atom is -0.264 e. The van der Waals surface area contributed by atoms with E-state index in [2.05, 4.69) is 15.0 Å². The first-order chi connectivity index (χ1) is 12.5. The molecule has 0 fully saturated rings. The van der Waals surface area contributed by atoms with Gasteiger partial charge >= 0.3 is 6.30 Å². The zero-order valence-corrected chi connectivity index (χ0v) is 13.8. The lowest BCUT2D eigenvalue weighted by Gasteiger charge is -2.14. The van der Waals surface area contributed by atoms with E-state index in [0.29, 0.717) is 11.3 Å². The number of hydrogen-bond acceptors (Lipinski definition) is 3. The van der Waals surface area contributed by atoms with E-state index in [1.165, 1.54) is 24.4 Å². The summed E-state index contributed by atoms with van der Waals surface area (Å²) in [5, 5.41) is 0.151. The van der Waals surface area contributed by atoms with Gasteiger partial charge in [0, 0.05) is 29.7 Å². The fourth-order valence-corrected chi connectivity index (χ4v) is 3.03. The van der Waals surface area contributed by atoms with Crippen LogP contribution in [0, 0.1) is 0 Å². The smallest absolute Gasteiger partial charge is 0.264 e. The van der Waals surface area contributed by atoms with Crippen molar-refractivity contribution in [1.29, 1.82) is 0 Å². The van der Waals surface area contributed by atoms with Crippen LogP contribution in [-0.4, -0.2) is 19.5 Å². The Morgan fingerprint density at radius 1 is 0.962 bits per heavy atom. The Morgan fingerprint density at radius 2 is 1.77 bits per heavy atom. The SMILES string of the molecule is FC(F)(F)n1c(-c2cccnc2-c2cccnc2)nc2c(Cl)cccc21. The molecule has 0 N–H and O–H groups in total. The monoisotopic (exact) mass is 374 g/mol. The maximum absolute atomic E-state index is 13.8. The summed E-state index contributed by atoms with van der Waals surface area (Å²) >= 11 is 6.07. The summed E-state index contributed by atoms with van der Waals surface area (Å²) in [4.78, 5) is 12.4. The van der Waals surface area contributed by atoms with Gasteiger partial charge in [-0.05, 0) is 36.4 Å². The lowest BCUT2D eigenvalue weighted by Crippen LogP contribution is -2.18. The molecule has 3 aromatic heterocycles. The fourth-order valence-electron chi connectivity index (χ4n) is 2.82. The lowest BCUT2D eigenvalue weighted by atomic mass is 10.1. The molecule has 8 heteroatoms. The number of imidazole rings is 1. The van der Waals surface area contributed by atoms with Crippen LogP contribution >= 0.6 is 11.6 Å². The number of halogens is 4. The van der Waals surface area contributed by atoms with Crippen molar-refractivity contribution in [2.24, 2.45) is 0 Å². The Bertz CT molecular complexity index is 1090. The first-order valence-corrected chi connectivity index (χ1v) is 7.94. The number of pyridine rings is 2. The number of rotatable bonds is 2. The van der Waals surface area contributed by atoms with Crippen molar-refractivity contribution in [3.05, 3.63) is 66.1 Å². The summed E-state index contributed by atoms with van der Waals surface area (Å²) in [7, 11) is 0. The first-order valence-electron chi connectivity index (χ1n) is 7.57. The largest absolute Gasteiger partial charge is 0.490 e.